The van der Waals surface area contributed by atoms with Crippen LogP contribution in [-0.2, 0) is 26.1 Å². The Labute approximate surface area is 132 Å². The fourth-order valence-electron chi connectivity index (χ4n) is 3.21. The van der Waals surface area contributed by atoms with Crippen LogP contribution in [0.2, 0.25) is 0 Å². The van der Waals surface area contributed by atoms with E-state index in [0.29, 0.717) is 31.7 Å². The molecular weight excluding hydrogens is 298 g/mol. The molecule has 1 atom stereocenters. The predicted octanol–water partition coefficient (Wildman–Crippen LogP) is 1.14. The largest absolute Gasteiger partial charge is 0.346 e. The van der Waals surface area contributed by atoms with Crippen molar-refractivity contribution >= 4 is 22.7 Å². The second kappa shape index (κ2) is 5.43. The number of nitrogens with one attached hydrogen (secondary N) is 1. The molecule has 7 heteroatoms. The van der Waals surface area contributed by atoms with Crippen molar-refractivity contribution in [3.8, 4) is 0 Å². The Hall–Kier alpha value is -2.25. The van der Waals surface area contributed by atoms with Crippen molar-refractivity contribution in [2.75, 3.05) is 13.2 Å². The maximum atomic E-state index is 12.1. The zero-order chi connectivity index (χ0) is 16.0. The van der Waals surface area contributed by atoms with E-state index in [1.54, 1.807) is 4.68 Å². The summed E-state index contributed by atoms with van der Waals surface area (Å²) in [5.41, 5.74) is 2.57. The summed E-state index contributed by atoms with van der Waals surface area (Å²) in [6.07, 6.45) is 0.498. The number of amides is 2. The summed E-state index contributed by atoms with van der Waals surface area (Å²) >= 11 is 0. The Kier molecular flexibility index (Phi) is 3.39. The smallest absolute Gasteiger partial charge is 0.235 e. The number of benzene rings is 1. The van der Waals surface area contributed by atoms with Gasteiger partial charge in [-0.15, -0.1) is 0 Å². The van der Waals surface area contributed by atoms with Crippen molar-refractivity contribution in [3.63, 3.8) is 0 Å². The highest BCUT2D eigenvalue weighted by Gasteiger charge is 2.31. The molecule has 120 valence electrons. The van der Waals surface area contributed by atoms with Crippen LogP contribution < -0.4 is 5.32 Å². The number of fused-ring (bicyclic) bond motifs is 1. The molecule has 0 saturated carbocycles. The third-order valence-corrected chi connectivity index (χ3v) is 4.37. The summed E-state index contributed by atoms with van der Waals surface area (Å²) in [7, 11) is 1.85. The Morgan fingerprint density at radius 3 is 2.78 bits per heavy atom. The maximum Gasteiger partial charge on any atom is 0.235 e. The summed E-state index contributed by atoms with van der Waals surface area (Å²) < 4.78 is 12.8. The minimum atomic E-state index is -0.388. The Morgan fingerprint density at radius 2 is 2.04 bits per heavy atom. The minimum absolute atomic E-state index is 0.218. The number of carbonyl (C=O) groups is 2. The monoisotopic (exact) mass is 315 g/mol. The number of hydrogen-bond donors (Lipinski definition) is 1. The quantitative estimate of drug-likeness (QED) is 0.840. The molecule has 7 nitrogen and oxygen atoms in total. The Balaban J connectivity index is 1.74. The second-order valence-corrected chi connectivity index (χ2v) is 5.86. The first kappa shape index (κ1) is 14.3. The number of aromatic nitrogens is 2. The molecule has 2 fully saturated rings. The lowest BCUT2D eigenvalue weighted by Crippen LogP contribution is -2.39. The first-order chi connectivity index (χ1) is 11.1. The Bertz CT molecular complexity index is 792. The minimum Gasteiger partial charge on any atom is -0.346 e. The standard InChI is InChI=1S/C16H17N3O4/c1-19-12-8-9(16-22-6-7-23-16)2-3-10(12)14(18-19)11-4-5-13(20)17-15(11)21/h2-3,8,11,16H,4-7H2,1H3,(H,17,20,21). The van der Waals surface area contributed by atoms with Crippen LogP contribution in [0.3, 0.4) is 0 Å². The van der Waals surface area contributed by atoms with Gasteiger partial charge in [0.1, 0.15) is 0 Å². The molecule has 0 bridgehead atoms. The van der Waals surface area contributed by atoms with E-state index in [1.807, 2.05) is 25.2 Å². The zero-order valence-electron chi connectivity index (χ0n) is 12.7. The van der Waals surface area contributed by atoms with Gasteiger partial charge in [0.15, 0.2) is 6.29 Å². The van der Waals surface area contributed by atoms with Gasteiger partial charge >= 0.3 is 0 Å². The first-order valence-corrected chi connectivity index (χ1v) is 7.67. The van der Waals surface area contributed by atoms with E-state index in [0.717, 1.165) is 16.5 Å². The number of ether oxygens (including phenoxy) is 2. The number of imide groups is 1. The van der Waals surface area contributed by atoms with Gasteiger partial charge in [-0.1, -0.05) is 12.1 Å². The van der Waals surface area contributed by atoms with Gasteiger partial charge in [-0.3, -0.25) is 19.6 Å². The Morgan fingerprint density at radius 1 is 1.26 bits per heavy atom. The number of aryl methyl sites for hydroxylation is 1. The van der Waals surface area contributed by atoms with E-state index < -0.39 is 0 Å². The number of rotatable bonds is 2. The predicted molar refractivity (Wildman–Crippen MR) is 80.5 cm³/mol. The van der Waals surface area contributed by atoms with Gasteiger partial charge < -0.3 is 9.47 Å². The van der Waals surface area contributed by atoms with Crippen LogP contribution in [0.5, 0.6) is 0 Å². The van der Waals surface area contributed by atoms with Crippen LogP contribution >= 0.6 is 0 Å². The lowest BCUT2D eigenvalue weighted by Gasteiger charge is -2.19. The van der Waals surface area contributed by atoms with Gasteiger partial charge in [-0.05, 0) is 12.5 Å². The second-order valence-electron chi connectivity index (χ2n) is 5.86. The van der Waals surface area contributed by atoms with E-state index >= 15 is 0 Å². The maximum absolute atomic E-state index is 12.1. The molecule has 4 rings (SSSR count). The van der Waals surface area contributed by atoms with Crippen LogP contribution in [0.15, 0.2) is 18.2 Å². The fraction of sp³-hybridized carbons (Fsp3) is 0.438. The number of piperidine rings is 1. The molecule has 1 aromatic heterocycles. The van der Waals surface area contributed by atoms with Crippen LogP contribution in [0.4, 0.5) is 0 Å². The average Bonchev–Trinajstić information content (AvgIpc) is 3.16. The molecule has 23 heavy (non-hydrogen) atoms. The summed E-state index contributed by atoms with van der Waals surface area (Å²) in [4.78, 5) is 23.4. The van der Waals surface area contributed by atoms with Crippen molar-refractivity contribution in [2.24, 2.45) is 7.05 Å². The lowest BCUT2D eigenvalue weighted by molar-refractivity contribution is -0.134. The van der Waals surface area contributed by atoms with Crippen molar-refractivity contribution in [1.82, 2.24) is 15.1 Å². The normalized spacial score (nSPS) is 22.7. The molecule has 1 N–H and O–H groups in total. The summed E-state index contributed by atoms with van der Waals surface area (Å²) in [5.74, 6) is -0.877. The number of hydrogen-bond acceptors (Lipinski definition) is 5. The highest BCUT2D eigenvalue weighted by Crippen LogP contribution is 2.32. The lowest BCUT2D eigenvalue weighted by atomic mass is 9.92. The summed E-state index contributed by atoms with van der Waals surface area (Å²) in [5, 5.41) is 7.83. The van der Waals surface area contributed by atoms with Crippen LogP contribution in [-0.4, -0.2) is 34.8 Å². The van der Waals surface area contributed by atoms with E-state index in [2.05, 4.69) is 10.4 Å². The summed E-state index contributed by atoms with van der Waals surface area (Å²) in [6, 6.07) is 5.87. The molecule has 2 amide bonds. The SMILES string of the molecule is Cn1nc(C2CCC(=O)NC2=O)c2ccc(C3OCCO3)cc21. The zero-order valence-corrected chi connectivity index (χ0v) is 12.7. The highest BCUT2D eigenvalue weighted by atomic mass is 16.7. The van der Waals surface area contributed by atoms with Crippen molar-refractivity contribution in [1.29, 1.82) is 0 Å². The van der Waals surface area contributed by atoms with Crippen molar-refractivity contribution in [3.05, 3.63) is 29.5 Å². The molecular formula is C16H17N3O4. The van der Waals surface area contributed by atoms with Gasteiger partial charge in [-0.25, -0.2) is 0 Å². The van der Waals surface area contributed by atoms with E-state index in [-0.39, 0.29) is 24.0 Å². The first-order valence-electron chi connectivity index (χ1n) is 7.67. The van der Waals surface area contributed by atoms with Gasteiger partial charge in [0.25, 0.3) is 0 Å². The number of nitrogens with zero attached hydrogens (tertiary/aromatic N) is 2. The molecule has 1 unspecified atom stereocenters. The molecule has 0 radical (unpaired) electrons. The van der Waals surface area contributed by atoms with Crippen molar-refractivity contribution in [2.45, 2.75) is 25.0 Å². The van der Waals surface area contributed by atoms with Crippen LogP contribution in [0.25, 0.3) is 10.9 Å². The van der Waals surface area contributed by atoms with E-state index in [9.17, 15) is 9.59 Å². The fourth-order valence-corrected chi connectivity index (χ4v) is 3.21. The third kappa shape index (κ3) is 2.42. The molecule has 3 heterocycles. The molecule has 0 spiro atoms. The van der Waals surface area contributed by atoms with Crippen LogP contribution in [0, 0.1) is 0 Å². The highest BCUT2D eigenvalue weighted by molar-refractivity contribution is 6.02. The molecule has 1 aromatic carbocycles. The average molecular weight is 315 g/mol. The van der Waals surface area contributed by atoms with Crippen LogP contribution in [0.1, 0.15) is 36.3 Å². The molecule has 2 aliphatic rings. The molecule has 2 aliphatic heterocycles. The molecule has 2 saturated heterocycles. The van der Waals surface area contributed by atoms with Gasteiger partial charge in [0.2, 0.25) is 11.8 Å². The van der Waals surface area contributed by atoms with E-state index in [1.165, 1.54) is 0 Å². The van der Waals surface area contributed by atoms with Gasteiger partial charge in [0.05, 0.1) is 30.3 Å². The molecule has 0 aliphatic carbocycles. The topological polar surface area (TPSA) is 82.5 Å². The molecule has 2 aromatic rings. The number of carbonyl (C=O) groups excluding carboxylic acids is 2. The summed E-state index contributed by atoms with van der Waals surface area (Å²) in [6.45, 7) is 1.19. The van der Waals surface area contributed by atoms with Gasteiger partial charge in [0, 0.05) is 24.4 Å². The van der Waals surface area contributed by atoms with E-state index in [4.69, 9.17) is 9.47 Å². The van der Waals surface area contributed by atoms with Gasteiger partial charge in [-0.2, -0.15) is 5.10 Å². The van der Waals surface area contributed by atoms with Crippen molar-refractivity contribution < 1.29 is 19.1 Å². The third-order valence-electron chi connectivity index (χ3n) is 4.37.